The van der Waals surface area contributed by atoms with Crippen molar-refractivity contribution in [3.63, 3.8) is 0 Å². The summed E-state index contributed by atoms with van der Waals surface area (Å²) >= 11 is 3.09. The molecule has 2 atom stereocenters. The summed E-state index contributed by atoms with van der Waals surface area (Å²) in [5.41, 5.74) is 2.95. The molecule has 0 saturated heterocycles. The molecule has 11 heteroatoms. The van der Waals surface area contributed by atoms with Gasteiger partial charge >= 0.3 is 0 Å². The maximum Gasteiger partial charge on any atom is 0.230 e. The van der Waals surface area contributed by atoms with Crippen LogP contribution in [0.4, 0.5) is 0 Å². The Kier molecular flexibility index (Phi) is 15.9. The van der Waals surface area contributed by atoms with Gasteiger partial charge in [0.05, 0.1) is 27.1 Å². The second-order valence-electron chi connectivity index (χ2n) is 11.1. The molecule has 2 aromatic rings. The Morgan fingerprint density at radius 2 is 1.48 bits per heavy atom. The largest absolute Gasteiger partial charge is 0.496 e. The molecule has 1 saturated carbocycles. The Bertz CT molecular complexity index is 1430. The number of hydrogen-bond acceptors (Lipinski definition) is 9. The van der Waals surface area contributed by atoms with E-state index in [0.29, 0.717) is 33.7 Å². The number of amidine groups is 2. The van der Waals surface area contributed by atoms with Gasteiger partial charge in [0.25, 0.3) is 0 Å². The van der Waals surface area contributed by atoms with Crippen LogP contribution in [0.25, 0.3) is 0 Å². The molecule has 9 nitrogen and oxygen atoms in total. The topological polar surface area (TPSA) is 114 Å². The van der Waals surface area contributed by atoms with E-state index < -0.39 is 0 Å². The molecule has 46 heavy (non-hydrogen) atoms. The number of rotatable bonds is 12. The fourth-order valence-corrected chi connectivity index (χ4v) is 7.66. The van der Waals surface area contributed by atoms with Crippen LogP contribution in [0.2, 0.25) is 0 Å². The summed E-state index contributed by atoms with van der Waals surface area (Å²) in [5.74, 6) is 2.62. The molecule has 2 amide bonds. The van der Waals surface area contributed by atoms with E-state index in [1.165, 1.54) is 22.2 Å². The number of amides is 2. The van der Waals surface area contributed by atoms with Crippen LogP contribution in [-0.2, 0) is 22.4 Å². The molecule has 248 valence electrons. The van der Waals surface area contributed by atoms with Gasteiger partial charge in [-0.25, -0.2) is 0 Å². The highest BCUT2D eigenvalue weighted by Gasteiger charge is 2.27. The predicted octanol–water partition coefficient (Wildman–Crippen LogP) is 7.03. The first-order valence-corrected chi connectivity index (χ1v) is 17.5. The number of allylic oxidation sites excluding steroid dienone is 2. The minimum absolute atomic E-state index is 0.128. The fourth-order valence-electron chi connectivity index (χ4n) is 5.50. The Morgan fingerprint density at radius 1 is 0.913 bits per heavy atom. The van der Waals surface area contributed by atoms with Crippen molar-refractivity contribution in [3.05, 3.63) is 70.1 Å². The van der Waals surface area contributed by atoms with E-state index in [2.05, 4.69) is 46.4 Å². The third-order valence-electron chi connectivity index (χ3n) is 7.96. The fraction of sp³-hybridized carbons (Fsp3) is 0.457. The lowest BCUT2D eigenvalue weighted by atomic mass is 9.92. The molecule has 2 aromatic carbocycles. The lowest BCUT2D eigenvalue weighted by Crippen LogP contribution is -2.31. The molecule has 1 aliphatic carbocycles. The number of carbonyl (C=O) groups is 2. The second-order valence-corrected chi connectivity index (χ2v) is 13.2. The predicted molar refractivity (Wildman–Crippen MR) is 193 cm³/mol. The summed E-state index contributed by atoms with van der Waals surface area (Å²) in [4.78, 5) is 31.6. The molecule has 0 heterocycles. The summed E-state index contributed by atoms with van der Waals surface area (Å²) in [5, 5.41) is 14.8. The van der Waals surface area contributed by atoms with Crippen LogP contribution in [0, 0.1) is 11.8 Å². The monoisotopic (exact) mass is 665 g/mol. The minimum Gasteiger partial charge on any atom is -0.496 e. The standard InChI is InChI=1S/C35H47N5O4S2/c1-7-24(2)33(46-34(36-3)38-31(41)21-26-15-10-12-18-29(26)43-5)28-17-9-8-14-25(20-28)23-45-35(40-37-4)39-32(42)22-27-16-11-13-19-30(27)44-6/h10-13,15-16,18-19,25,28H,4,7-9,14,17,20-23H2,1-3,5-6H3,(H,36,38,41)(H,39,40,42). The number of carbonyl (C=O) groups excluding carboxylic acids is 2. The van der Waals surface area contributed by atoms with E-state index in [0.717, 1.165) is 55.4 Å². The summed E-state index contributed by atoms with van der Waals surface area (Å²) in [7, 11) is 4.92. The normalized spacial score (nSPS) is 17.8. The average Bonchev–Trinajstić information content (AvgIpc) is 3.31. The first-order chi connectivity index (χ1) is 22.3. The highest BCUT2D eigenvalue weighted by Crippen LogP contribution is 2.40. The Labute approximate surface area is 282 Å². The zero-order chi connectivity index (χ0) is 33.3. The number of para-hydroxylation sites is 2. The van der Waals surface area contributed by atoms with Crippen molar-refractivity contribution in [1.82, 2.24) is 10.6 Å². The number of hydrogen-bond donors (Lipinski definition) is 2. The highest BCUT2D eigenvalue weighted by atomic mass is 32.2. The molecule has 1 aliphatic rings. The molecule has 2 unspecified atom stereocenters. The lowest BCUT2D eigenvalue weighted by molar-refractivity contribution is -0.119. The maximum absolute atomic E-state index is 13.0. The SMILES string of the molecule is C=NN=C(NC(=O)Cc1ccccc1OC)SCC1CCCCC(C(SC(=NC)NC(=O)Cc2ccccc2OC)=C(C)CC)C1. The van der Waals surface area contributed by atoms with Crippen LogP contribution in [0.1, 0.15) is 63.5 Å². The Morgan fingerprint density at radius 3 is 2.02 bits per heavy atom. The zero-order valence-electron chi connectivity index (χ0n) is 27.6. The first kappa shape index (κ1) is 36.9. The van der Waals surface area contributed by atoms with Gasteiger partial charge in [-0.15, -0.1) is 5.10 Å². The third kappa shape index (κ3) is 11.7. The van der Waals surface area contributed by atoms with E-state index in [1.807, 2.05) is 48.5 Å². The summed E-state index contributed by atoms with van der Waals surface area (Å²) in [6.45, 7) is 7.85. The Hall–Kier alpha value is -3.57. The number of benzene rings is 2. The second kappa shape index (κ2) is 19.8. The van der Waals surface area contributed by atoms with E-state index in [4.69, 9.17) is 9.47 Å². The van der Waals surface area contributed by atoms with Crippen LogP contribution in [-0.4, -0.2) is 55.9 Å². The number of nitrogens with one attached hydrogen (secondary N) is 2. The number of aliphatic imine (C=N–C) groups is 1. The van der Waals surface area contributed by atoms with E-state index >= 15 is 0 Å². The molecule has 1 fully saturated rings. The van der Waals surface area contributed by atoms with Crippen molar-refractivity contribution in [2.45, 2.75) is 65.2 Å². The zero-order valence-corrected chi connectivity index (χ0v) is 29.3. The first-order valence-electron chi connectivity index (χ1n) is 15.7. The smallest absolute Gasteiger partial charge is 0.230 e. The maximum atomic E-state index is 13.0. The number of nitrogens with zero attached hydrogens (tertiary/aromatic N) is 3. The van der Waals surface area contributed by atoms with Gasteiger partial charge in [0, 0.05) is 30.6 Å². The van der Waals surface area contributed by atoms with Gasteiger partial charge in [-0.05, 0) is 61.5 Å². The summed E-state index contributed by atoms with van der Waals surface area (Å²) in [6, 6.07) is 15.0. The third-order valence-corrected chi connectivity index (χ3v) is 10.4. The van der Waals surface area contributed by atoms with Gasteiger partial charge < -0.3 is 20.1 Å². The van der Waals surface area contributed by atoms with Gasteiger partial charge in [-0.3, -0.25) is 14.6 Å². The van der Waals surface area contributed by atoms with Gasteiger partial charge in [-0.1, -0.05) is 85.3 Å². The van der Waals surface area contributed by atoms with Crippen molar-refractivity contribution < 1.29 is 19.1 Å². The number of thioether (sulfide) groups is 2. The molecule has 0 aliphatic heterocycles. The molecule has 2 N–H and O–H groups in total. The van der Waals surface area contributed by atoms with Gasteiger partial charge in [-0.2, -0.15) is 5.10 Å². The van der Waals surface area contributed by atoms with Crippen LogP contribution < -0.4 is 20.1 Å². The summed E-state index contributed by atoms with van der Waals surface area (Å²) in [6.07, 6.45) is 6.76. The average molecular weight is 666 g/mol. The van der Waals surface area contributed by atoms with Crippen molar-refractivity contribution in [3.8, 4) is 11.5 Å². The molecule has 0 aromatic heterocycles. The molecular weight excluding hydrogens is 619 g/mol. The minimum atomic E-state index is -0.183. The van der Waals surface area contributed by atoms with Crippen LogP contribution >= 0.6 is 23.5 Å². The molecule has 0 bridgehead atoms. The van der Waals surface area contributed by atoms with E-state index in [1.54, 1.807) is 33.0 Å². The molecule has 0 spiro atoms. The van der Waals surface area contributed by atoms with Gasteiger partial charge in [0.15, 0.2) is 10.3 Å². The molecular formula is C35H47N5O4S2. The number of ether oxygens (including phenoxy) is 2. The quantitative estimate of drug-likeness (QED) is 0.109. The van der Waals surface area contributed by atoms with Crippen molar-refractivity contribution in [1.29, 1.82) is 0 Å². The van der Waals surface area contributed by atoms with Gasteiger partial charge in [0.1, 0.15) is 11.5 Å². The van der Waals surface area contributed by atoms with Crippen molar-refractivity contribution in [2.75, 3.05) is 27.0 Å². The molecule has 0 radical (unpaired) electrons. The van der Waals surface area contributed by atoms with E-state index in [9.17, 15) is 9.59 Å². The van der Waals surface area contributed by atoms with E-state index in [-0.39, 0.29) is 24.7 Å². The lowest BCUT2D eigenvalue weighted by Gasteiger charge is -2.25. The van der Waals surface area contributed by atoms with Gasteiger partial charge in [0.2, 0.25) is 11.8 Å². The number of methoxy groups -OCH3 is 2. The summed E-state index contributed by atoms with van der Waals surface area (Å²) < 4.78 is 10.8. The molecule has 3 rings (SSSR count). The Balaban J connectivity index is 1.64. The van der Waals surface area contributed by atoms with Crippen molar-refractivity contribution >= 4 is 52.4 Å². The van der Waals surface area contributed by atoms with Crippen molar-refractivity contribution in [2.24, 2.45) is 27.0 Å². The highest BCUT2D eigenvalue weighted by molar-refractivity contribution is 8.17. The van der Waals surface area contributed by atoms with Crippen LogP contribution in [0.15, 0.2) is 74.2 Å². The van der Waals surface area contributed by atoms with Crippen LogP contribution in [0.5, 0.6) is 11.5 Å². The van der Waals surface area contributed by atoms with Crippen LogP contribution in [0.3, 0.4) is 0 Å².